The first-order valence-electron chi connectivity index (χ1n) is 6.16. The molecule has 0 radical (unpaired) electrons. The second-order valence-electron chi connectivity index (χ2n) is 5.42. The summed E-state index contributed by atoms with van der Waals surface area (Å²) in [5, 5.41) is 19.7. The number of rotatable bonds is 5. The van der Waals surface area contributed by atoms with Crippen LogP contribution in [0.3, 0.4) is 0 Å². The lowest BCUT2D eigenvalue weighted by molar-refractivity contribution is 0.150. The summed E-state index contributed by atoms with van der Waals surface area (Å²) in [6, 6.07) is 5.72. The second-order valence-corrected chi connectivity index (χ2v) is 5.42. The average molecular weight is 235 g/mol. The predicted molar refractivity (Wildman–Crippen MR) is 68.3 cm³/mol. The van der Waals surface area contributed by atoms with Gasteiger partial charge in [0, 0.05) is 13.0 Å². The topological polar surface area (TPSA) is 43.7 Å². The summed E-state index contributed by atoms with van der Waals surface area (Å²) < 4.78 is 0. The van der Waals surface area contributed by atoms with Gasteiger partial charge < -0.3 is 15.1 Å². The molecule has 0 bridgehead atoms. The summed E-state index contributed by atoms with van der Waals surface area (Å²) in [5.74, 6) is 0.305. The third-order valence-electron chi connectivity index (χ3n) is 3.34. The van der Waals surface area contributed by atoms with E-state index in [0.717, 1.165) is 31.4 Å². The molecule has 1 aromatic rings. The molecule has 3 heteroatoms. The van der Waals surface area contributed by atoms with E-state index in [1.54, 1.807) is 6.07 Å². The van der Waals surface area contributed by atoms with Crippen LogP contribution in [0, 0.1) is 0 Å². The quantitative estimate of drug-likeness (QED) is 0.814. The zero-order valence-electron chi connectivity index (χ0n) is 10.6. The molecule has 1 saturated carbocycles. The van der Waals surface area contributed by atoms with Gasteiger partial charge >= 0.3 is 0 Å². The Bertz CT molecular complexity index is 397. The zero-order chi connectivity index (χ0) is 12.5. The maximum atomic E-state index is 9.90. The van der Waals surface area contributed by atoms with Crippen molar-refractivity contribution in [3.05, 3.63) is 29.3 Å². The van der Waals surface area contributed by atoms with Crippen LogP contribution < -0.4 is 0 Å². The van der Waals surface area contributed by atoms with Crippen molar-refractivity contribution < 1.29 is 10.2 Å². The van der Waals surface area contributed by atoms with E-state index in [2.05, 4.69) is 4.90 Å². The molecular formula is C14H21NO2. The highest BCUT2D eigenvalue weighted by Crippen LogP contribution is 2.40. The van der Waals surface area contributed by atoms with Crippen LogP contribution in [0.1, 0.15) is 24.0 Å². The monoisotopic (exact) mass is 235 g/mol. The van der Waals surface area contributed by atoms with Gasteiger partial charge in [-0.05, 0) is 50.6 Å². The standard InChI is InChI=1S/C14H21NO2/c1-15(2)8-5-11-3-4-13(16)12(9-11)10-14(17)6-7-14/h3-4,9,16-17H,5-8,10H2,1-2H3. The Kier molecular flexibility index (Phi) is 3.40. The number of aliphatic hydroxyl groups is 1. The van der Waals surface area contributed by atoms with Gasteiger partial charge in [0.05, 0.1) is 5.60 Å². The molecule has 1 fully saturated rings. The smallest absolute Gasteiger partial charge is 0.118 e. The molecular weight excluding hydrogens is 214 g/mol. The molecule has 1 aliphatic carbocycles. The normalized spacial score (nSPS) is 17.4. The molecule has 17 heavy (non-hydrogen) atoms. The number of aromatic hydroxyl groups is 1. The zero-order valence-corrected chi connectivity index (χ0v) is 10.6. The van der Waals surface area contributed by atoms with Gasteiger partial charge in [0.2, 0.25) is 0 Å². The summed E-state index contributed by atoms with van der Waals surface area (Å²) in [4.78, 5) is 2.14. The molecule has 1 aliphatic rings. The highest BCUT2D eigenvalue weighted by atomic mass is 16.3. The second kappa shape index (κ2) is 4.67. The summed E-state index contributed by atoms with van der Waals surface area (Å²) in [6.07, 6.45) is 3.26. The Hall–Kier alpha value is -1.06. The third-order valence-corrected chi connectivity index (χ3v) is 3.34. The maximum Gasteiger partial charge on any atom is 0.118 e. The number of phenolic OH excluding ortho intramolecular Hbond substituents is 1. The van der Waals surface area contributed by atoms with Crippen molar-refractivity contribution in [2.24, 2.45) is 0 Å². The van der Waals surface area contributed by atoms with E-state index >= 15 is 0 Å². The minimum Gasteiger partial charge on any atom is -0.508 e. The van der Waals surface area contributed by atoms with E-state index in [4.69, 9.17) is 0 Å². The SMILES string of the molecule is CN(C)CCc1ccc(O)c(CC2(O)CC2)c1. The van der Waals surface area contributed by atoms with Gasteiger partial charge in [-0.3, -0.25) is 0 Å². The van der Waals surface area contributed by atoms with E-state index in [1.807, 2.05) is 26.2 Å². The van der Waals surface area contributed by atoms with Gasteiger partial charge in [-0.1, -0.05) is 12.1 Å². The molecule has 0 saturated heterocycles. The highest BCUT2D eigenvalue weighted by Gasteiger charge is 2.40. The molecule has 2 rings (SSSR count). The molecule has 2 N–H and O–H groups in total. The molecule has 0 aromatic heterocycles. The van der Waals surface area contributed by atoms with Crippen LogP contribution in [0.15, 0.2) is 18.2 Å². The Balaban J connectivity index is 2.06. The first-order chi connectivity index (χ1) is 7.98. The van der Waals surface area contributed by atoms with Gasteiger partial charge in [-0.2, -0.15) is 0 Å². The Morgan fingerprint density at radius 1 is 1.29 bits per heavy atom. The van der Waals surface area contributed by atoms with E-state index < -0.39 is 5.60 Å². The van der Waals surface area contributed by atoms with Crippen molar-refractivity contribution in [2.45, 2.75) is 31.3 Å². The number of benzene rings is 1. The summed E-state index contributed by atoms with van der Waals surface area (Å²) in [5.41, 5.74) is 1.55. The van der Waals surface area contributed by atoms with Crippen molar-refractivity contribution in [2.75, 3.05) is 20.6 Å². The minimum absolute atomic E-state index is 0.305. The summed E-state index contributed by atoms with van der Waals surface area (Å²) >= 11 is 0. The van der Waals surface area contributed by atoms with Crippen LogP contribution in [0.25, 0.3) is 0 Å². The third kappa shape index (κ3) is 3.45. The minimum atomic E-state index is -0.544. The highest BCUT2D eigenvalue weighted by molar-refractivity contribution is 5.38. The first-order valence-corrected chi connectivity index (χ1v) is 6.16. The molecule has 94 valence electrons. The van der Waals surface area contributed by atoms with Gasteiger partial charge in [-0.15, -0.1) is 0 Å². The molecule has 0 aliphatic heterocycles. The fourth-order valence-electron chi connectivity index (χ4n) is 1.96. The van der Waals surface area contributed by atoms with E-state index in [-0.39, 0.29) is 0 Å². The average Bonchev–Trinajstić information content (AvgIpc) is 2.97. The number of likely N-dealkylation sites (N-methyl/N-ethyl adjacent to an activating group) is 1. The lowest BCUT2D eigenvalue weighted by Gasteiger charge is -2.13. The van der Waals surface area contributed by atoms with Crippen molar-refractivity contribution in [1.82, 2.24) is 4.90 Å². The molecule has 0 amide bonds. The van der Waals surface area contributed by atoms with Crippen LogP contribution in [0.4, 0.5) is 0 Å². The molecule has 0 unspecified atom stereocenters. The van der Waals surface area contributed by atoms with Crippen LogP contribution in [-0.4, -0.2) is 41.4 Å². The predicted octanol–water partition coefficient (Wildman–Crippen LogP) is 1.56. The molecule has 1 aromatic carbocycles. The van der Waals surface area contributed by atoms with Crippen LogP contribution in [0.2, 0.25) is 0 Å². The fourth-order valence-corrected chi connectivity index (χ4v) is 1.96. The van der Waals surface area contributed by atoms with Crippen molar-refractivity contribution in [3.8, 4) is 5.75 Å². The fraction of sp³-hybridized carbons (Fsp3) is 0.571. The maximum absolute atomic E-state index is 9.90. The van der Waals surface area contributed by atoms with Gasteiger partial charge in [0.15, 0.2) is 0 Å². The lowest BCUT2D eigenvalue weighted by atomic mass is 10.0. The van der Waals surface area contributed by atoms with Crippen LogP contribution >= 0.6 is 0 Å². The van der Waals surface area contributed by atoms with Gasteiger partial charge in [0.1, 0.15) is 5.75 Å². The van der Waals surface area contributed by atoms with Crippen LogP contribution in [-0.2, 0) is 12.8 Å². The number of phenols is 1. The molecule has 0 atom stereocenters. The Labute approximate surface area is 103 Å². The van der Waals surface area contributed by atoms with Crippen LogP contribution in [0.5, 0.6) is 5.75 Å². The van der Waals surface area contributed by atoms with Crippen molar-refractivity contribution in [1.29, 1.82) is 0 Å². The van der Waals surface area contributed by atoms with E-state index in [0.29, 0.717) is 12.2 Å². The van der Waals surface area contributed by atoms with Crippen molar-refractivity contribution >= 4 is 0 Å². The largest absolute Gasteiger partial charge is 0.508 e. The summed E-state index contributed by atoms with van der Waals surface area (Å²) in [7, 11) is 4.10. The van der Waals surface area contributed by atoms with Crippen molar-refractivity contribution in [3.63, 3.8) is 0 Å². The number of nitrogens with zero attached hydrogens (tertiary/aromatic N) is 1. The summed E-state index contributed by atoms with van der Waals surface area (Å²) in [6.45, 7) is 0.995. The lowest BCUT2D eigenvalue weighted by Crippen LogP contribution is -2.15. The number of hydrogen-bond acceptors (Lipinski definition) is 3. The Morgan fingerprint density at radius 2 is 2.00 bits per heavy atom. The van der Waals surface area contributed by atoms with Gasteiger partial charge in [0.25, 0.3) is 0 Å². The van der Waals surface area contributed by atoms with Gasteiger partial charge in [-0.25, -0.2) is 0 Å². The number of hydrogen-bond donors (Lipinski definition) is 2. The molecule has 3 nitrogen and oxygen atoms in total. The van der Waals surface area contributed by atoms with E-state index in [9.17, 15) is 10.2 Å². The molecule has 0 spiro atoms. The first kappa shape index (κ1) is 12.4. The Morgan fingerprint density at radius 3 is 2.59 bits per heavy atom. The van der Waals surface area contributed by atoms with E-state index in [1.165, 1.54) is 5.56 Å². The molecule has 0 heterocycles.